The van der Waals surface area contributed by atoms with Gasteiger partial charge >= 0.3 is 5.97 Å². The number of hydrogen-bond donors (Lipinski definition) is 1. The average molecular weight is 260 g/mol. The highest BCUT2D eigenvalue weighted by molar-refractivity contribution is 5.94. The number of aromatic nitrogens is 1. The molecule has 1 heterocycles. The summed E-state index contributed by atoms with van der Waals surface area (Å²) in [5, 5.41) is 6.04. The largest absolute Gasteiger partial charge is 0.452 e. The van der Waals surface area contributed by atoms with Gasteiger partial charge in [-0.2, -0.15) is 0 Å². The number of esters is 1. The van der Waals surface area contributed by atoms with Gasteiger partial charge in [0.15, 0.2) is 12.4 Å². The molecule has 0 radical (unpaired) electrons. The second-order valence-electron chi connectivity index (χ2n) is 3.81. The van der Waals surface area contributed by atoms with Crippen LogP contribution >= 0.6 is 0 Å². The van der Waals surface area contributed by atoms with Crippen LogP contribution in [0.5, 0.6) is 0 Å². The smallest absolute Gasteiger partial charge is 0.338 e. The molecular weight excluding hydrogens is 248 g/mol. The lowest BCUT2D eigenvalue weighted by atomic mass is 10.2. The number of benzene rings is 1. The molecule has 0 atom stereocenters. The fourth-order valence-corrected chi connectivity index (χ4v) is 1.39. The number of ether oxygens (including phenoxy) is 1. The summed E-state index contributed by atoms with van der Waals surface area (Å²) >= 11 is 0. The third kappa shape index (κ3) is 3.67. The Hall–Kier alpha value is -2.63. The number of anilines is 1. The van der Waals surface area contributed by atoms with E-state index in [-0.39, 0.29) is 6.61 Å². The number of carbonyl (C=O) groups is 2. The van der Waals surface area contributed by atoms with Crippen LogP contribution in [0.15, 0.2) is 40.9 Å². The van der Waals surface area contributed by atoms with E-state index in [0.29, 0.717) is 17.1 Å². The molecule has 2 rings (SSSR count). The molecule has 2 aromatic rings. The van der Waals surface area contributed by atoms with Crippen molar-refractivity contribution in [1.82, 2.24) is 5.16 Å². The van der Waals surface area contributed by atoms with Crippen LogP contribution in [-0.4, -0.2) is 23.6 Å². The van der Waals surface area contributed by atoms with Crippen LogP contribution in [0.3, 0.4) is 0 Å². The van der Waals surface area contributed by atoms with Gasteiger partial charge in [0.05, 0.1) is 5.56 Å². The van der Waals surface area contributed by atoms with Gasteiger partial charge in [0.2, 0.25) is 0 Å². The third-order valence-electron chi connectivity index (χ3n) is 2.24. The van der Waals surface area contributed by atoms with E-state index in [1.165, 1.54) is 0 Å². The molecule has 0 saturated heterocycles. The van der Waals surface area contributed by atoms with E-state index in [4.69, 9.17) is 9.26 Å². The minimum atomic E-state index is -0.549. The van der Waals surface area contributed by atoms with Crippen molar-refractivity contribution in [1.29, 1.82) is 0 Å². The van der Waals surface area contributed by atoms with Crippen LogP contribution in [0.1, 0.15) is 16.1 Å². The van der Waals surface area contributed by atoms with Crippen LogP contribution in [0.25, 0.3) is 0 Å². The lowest BCUT2D eigenvalue weighted by Gasteiger charge is -2.04. The number of amides is 1. The number of nitrogens with one attached hydrogen (secondary N) is 1. The van der Waals surface area contributed by atoms with Gasteiger partial charge < -0.3 is 14.6 Å². The van der Waals surface area contributed by atoms with Gasteiger partial charge in [-0.3, -0.25) is 4.79 Å². The molecule has 0 bridgehead atoms. The maximum atomic E-state index is 11.6. The van der Waals surface area contributed by atoms with E-state index in [2.05, 4.69) is 10.5 Å². The molecule has 0 fully saturated rings. The molecule has 6 nitrogen and oxygen atoms in total. The van der Waals surface area contributed by atoms with Gasteiger partial charge in [-0.1, -0.05) is 23.4 Å². The van der Waals surface area contributed by atoms with Gasteiger partial charge in [-0.05, 0) is 19.1 Å². The van der Waals surface area contributed by atoms with Crippen LogP contribution in [0.2, 0.25) is 0 Å². The zero-order valence-electron chi connectivity index (χ0n) is 10.3. The Balaban J connectivity index is 1.82. The zero-order chi connectivity index (χ0) is 13.7. The van der Waals surface area contributed by atoms with Crippen LogP contribution in [0.4, 0.5) is 5.82 Å². The Bertz CT molecular complexity index is 577. The van der Waals surface area contributed by atoms with Gasteiger partial charge in [0, 0.05) is 6.07 Å². The molecule has 1 N–H and O–H groups in total. The molecule has 19 heavy (non-hydrogen) atoms. The van der Waals surface area contributed by atoms with Crippen LogP contribution in [0, 0.1) is 6.92 Å². The van der Waals surface area contributed by atoms with Crippen molar-refractivity contribution in [3.8, 4) is 0 Å². The van der Waals surface area contributed by atoms with Crippen molar-refractivity contribution < 1.29 is 18.8 Å². The van der Waals surface area contributed by atoms with E-state index in [0.717, 1.165) is 0 Å². The molecule has 0 spiro atoms. The Kier molecular flexibility index (Phi) is 3.92. The van der Waals surface area contributed by atoms with Crippen molar-refractivity contribution in [3.63, 3.8) is 0 Å². The molecule has 0 unspecified atom stereocenters. The summed E-state index contributed by atoms with van der Waals surface area (Å²) in [5.74, 6) is -0.153. The Morgan fingerprint density at radius 2 is 2.05 bits per heavy atom. The van der Waals surface area contributed by atoms with Gasteiger partial charge in [0.1, 0.15) is 5.76 Å². The average Bonchev–Trinajstić information content (AvgIpc) is 2.82. The molecule has 98 valence electrons. The number of hydrogen-bond acceptors (Lipinski definition) is 5. The molecule has 0 aliphatic heterocycles. The van der Waals surface area contributed by atoms with Crippen molar-refractivity contribution >= 4 is 17.7 Å². The van der Waals surface area contributed by atoms with E-state index < -0.39 is 11.9 Å². The van der Waals surface area contributed by atoms with E-state index in [1.807, 2.05) is 0 Å². The first-order chi connectivity index (χ1) is 9.15. The van der Waals surface area contributed by atoms with Gasteiger partial charge in [-0.25, -0.2) is 4.79 Å². The molecule has 1 amide bonds. The van der Waals surface area contributed by atoms with E-state index in [9.17, 15) is 9.59 Å². The van der Waals surface area contributed by atoms with Gasteiger partial charge in [0.25, 0.3) is 5.91 Å². The summed E-state index contributed by atoms with van der Waals surface area (Å²) in [5.41, 5.74) is 0.396. The van der Waals surface area contributed by atoms with Crippen LogP contribution < -0.4 is 5.32 Å². The molecular formula is C13H12N2O4. The quantitative estimate of drug-likeness (QED) is 0.847. The summed E-state index contributed by atoms with van der Waals surface area (Å²) in [4.78, 5) is 23.1. The fraction of sp³-hybridized carbons (Fsp3) is 0.154. The molecule has 1 aromatic carbocycles. The lowest BCUT2D eigenvalue weighted by Crippen LogP contribution is -2.21. The topological polar surface area (TPSA) is 81.4 Å². The van der Waals surface area contributed by atoms with E-state index in [1.54, 1.807) is 43.3 Å². The second-order valence-corrected chi connectivity index (χ2v) is 3.81. The molecule has 1 aromatic heterocycles. The van der Waals surface area contributed by atoms with Crippen molar-refractivity contribution in [2.24, 2.45) is 0 Å². The fourth-order valence-electron chi connectivity index (χ4n) is 1.39. The number of nitrogens with zero attached hydrogens (tertiary/aromatic N) is 1. The summed E-state index contributed by atoms with van der Waals surface area (Å²) in [6, 6.07) is 10.0. The van der Waals surface area contributed by atoms with E-state index >= 15 is 0 Å². The summed E-state index contributed by atoms with van der Waals surface area (Å²) in [6.07, 6.45) is 0. The SMILES string of the molecule is Cc1cc(NC(=O)COC(=O)c2ccccc2)no1. The molecule has 0 aliphatic carbocycles. The summed E-state index contributed by atoms with van der Waals surface area (Å²) < 4.78 is 9.65. The van der Waals surface area contributed by atoms with Crippen molar-refractivity contribution in [2.45, 2.75) is 6.92 Å². The maximum Gasteiger partial charge on any atom is 0.338 e. The Morgan fingerprint density at radius 3 is 2.68 bits per heavy atom. The normalized spacial score (nSPS) is 9.95. The third-order valence-corrected chi connectivity index (χ3v) is 2.24. The lowest BCUT2D eigenvalue weighted by molar-refractivity contribution is -0.119. The number of carbonyl (C=O) groups excluding carboxylic acids is 2. The number of rotatable bonds is 4. The predicted molar refractivity (Wildman–Crippen MR) is 66.6 cm³/mol. The number of aryl methyl sites for hydroxylation is 1. The monoisotopic (exact) mass is 260 g/mol. The molecule has 0 saturated carbocycles. The molecule has 6 heteroatoms. The predicted octanol–water partition coefficient (Wildman–Crippen LogP) is 1.78. The Labute approximate surface area is 109 Å². The minimum Gasteiger partial charge on any atom is -0.452 e. The highest BCUT2D eigenvalue weighted by Gasteiger charge is 2.11. The van der Waals surface area contributed by atoms with Crippen molar-refractivity contribution in [3.05, 3.63) is 47.7 Å². The Morgan fingerprint density at radius 1 is 1.32 bits per heavy atom. The first-order valence-electron chi connectivity index (χ1n) is 5.60. The summed E-state index contributed by atoms with van der Waals surface area (Å²) in [6.45, 7) is 1.33. The maximum absolute atomic E-state index is 11.6. The molecule has 0 aliphatic rings. The van der Waals surface area contributed by atoms with Gasteiger partial charge in [-0.15, -0.1) is 0 Å². The highest BCUT2D eigenvalue weighted by atomic mass is 16.5. The van der Waals surface area contributed by atoms with Crippen molar-refractivity contribution in [2.75, 3.05) is 11.9 Å². The minimum absolute atomic E-state index is 0.290. The zero-order valence-corrected chi connectivity index (χ0v) is 10.3. The van der Waals surface area contributed by atoms with Crippen LogP contribution in [-0.2, 0) is 9.53 Å². The first kappa shape index (κ1) is 12.8. The first-order valence-corrected chi connectivity index (χ1v) is 5.60. The standard InChI is InChI=1S/C13H12N2O4/c1-9-7-11(15-19-9)14-12(16)8-18-13(17)10-5-3-2-4-6-10/h2-7H,8H2,1H3,(H,14,15,16). The second kappa shape index (κ2) is 5.81. The summed E-state index contributed by atoms with van der Waals surface area (Å²) in [7, 11) is 0. The highest BCUT2D eigenvalue weighted by Crippen LogP contribution is 2.07.